The Kier molecular flexibility index (Phi) is 7.59. The van der Waals surface area contributed by atoms with Crippen LogP contribution in [-0.4, -0.2) is 48.4 Å². The maximum Gasteiger partial charge on any atom is 0.242 e. The molecule has 0 unspecified atom stereocenters. The van der Waals surface area contributed by atoms with Crippen LogP contribution in [0, 0.1) is 23.2 Å². The van der Waals surface area contributed by atoms with Crippen LogP contribution in [0.3, 0.4) is 0 Å². The van der Waals surface area contributed by atoms with Gasteiger partial charge in [-0.25, -0.2) is 0 Å². The topological polar surface area (TPSA) is 49.9 Å². The Morgan fingerprint density at radius 3 is 2.23 bits per heavy atom. The summed E-state index contributed by atoms with van der Waals surface area (Å²) in [4.78, 5) is 32.9. The molecule has 4 aliphatic rings. The van der Waals surface area contributed by atoms with Gasteiger partial charge in [-0.05, 0) is 79.7 Å². The maximum absolute atomic E-state index is 14.1. The van der Waals surface area contributed by atoms with E-state index < -0.39 is 0 Å². The van der Waals surface area contributed by atoms with Gasteiger partial charge in [0.2, 0.25) is 11.8 Å². The van der Waals surface area contributed by atoms with Crippen molar-refractivity contribution in [3.05, 3.63) is 58.3 Å². The zero-order valence-electron chi connectivity index (χ0n) is 20.9. The molecule has 0 N–H and O–H groups in total. The molecule has 4 fully saturated rings. The first-order chi connectivity index (χ1) is 17.0. The fourth-order valence-corrected chi connectivity index (χ4v) is 7.97. The summed E-state index contributed by atoms with van der Waals surface area (Å²) in [6, 6.07) is 14.2. The number of nitrogens with zero attached hydrogens (tertiary/aromatic N) is 2. The highest BCUT2D eigenvalue weighted by molar-refractivity contribution is 7.09. The molecule has 6 heteroatoms. The molecule has 0 aliphatic heterocycles. The van der Waals surface area contributed by atoms with Gasteiger partial charge in [0.05, 0.1) is 18.5 Å². The van der Waals surface area contributed by atoms with Crippen LogP contribution in [0.5, 0.6) is 0 Å². The van der Waals surface area contributed by atoms with Crippen molar-refractivity contribution < 1.29 is 14.3 Å². The lowest BCUT2D eigenvalue weighted by Crippen LogP contribution is -2.56. The summed E-state index contributed by atoms with van der Waals surface area (Å²) >= 11 is 1.67. The lowest BCUT2D eigenvalue weighted by molar-refractivity contribution is -0.160. The first kappa shape index (κ1) is 24.5. The number of amides is 2. The van der Waals surface area contributed by atoms with Gasteiger partial charge in [-0.15, -0.1) is 11.3 Å². The van der Waals surface area contributed by atoms with Crippen molar-refractivity contribution in [1.29, 1.82) is 0 Å². The van der Waals surface area contributed by atoms with Gasteiger partial charge in [0.25, 0.3) is 0 Å². The molecular formula is C29H38N2O3S. The van der Waals surface area contributed by atoms with Gasteiger partial charge < -0.3 is 14.5 Å². The number of hydrogen-bond donors (Lipinski definition) is 0. The van der Waals surface area contributed by atoms with Crippen molar-refractivity contribution >= 4 is 23.2 Å². The molecule has 4 aliphatic carbocycles. The van der Waals surface area contributed by atoms with Gasteiger partial charge in [0.1, 0.15) is 0 Å². The van der Waals surface area contributed by atoms with Crippen LogP contribution in [0.4, 0.5) is 0 Å². The molecule has 0 spiro atoms. The lowest BCUT2D eigenvalue weighted by Gasteiger charge is -2.56. The zero-order valence-corrected chi connectivity index (χ0v) is 21.7. The second-order valence-corrected chi connectivity index (χ2v) is 12.1. The van der Waals surface area contributed by atoms with E-state index >= 15 is 0 Å². The molecule has 1 aromatic carbocycles. The van der Waals surface area contributed by atoms with Crippen molar-refractivity contribution in [2.75, 3.05) is 26.8 Å². The van der Waals surface area contributed by atoms with Crippen molar-refractivity contribution in [3.8, 4) is 0 Å². The molecule has 4 bridgehead atoms. The first-order valence-corrected chi connectivity index (χ1v) is 14.0. The van der Waals surface area contributed by atoms with Crippen LogP contribution in [-0.2, 0) is 27.4 Å². The summed E-state index contributed by atoms with van der Waals surface area (Å²) in [7, 11) is 1.69. The average Bonchev–Trinajstić information content (AvgIpc) is 3.36. The molecule has 188 valence electrons. The summed E-state index contributed by atoms with van der Waals surface area (Å²) in [5.74, 6) is 2.37. The van der Waals surface area contributed by atoms with Crippen molar-refractivity contribution in [2.24, 2.45) is 23.2 Å². The standard InChI is InChI=1S/C29H38N2O3S/c1-34-11-6-10-30(28(33)29-16-23-13-24(17-29)15-25(14-23)18-29)21-27(32)31(20-26-9-5-12-35-26)19-22-7-3-2-4-8-22/h2-5,7-9,12,23-25H,6,10-11,13-21H2,1H3. The lowest BCUT2D eigenvalue weighted by atomic mass is 9.49. The first-order valence-electron chi connectivity index (χ1n) is 13.2. The number of thiophene rings is 1. The second kappa shape index (κ2) is 10.8. The van der Waals surface area contributed by atoms with Crippen LogP contribution in [0.1, 0.15) is 55.4 Å². The Labute approximate surface area is 213 Å². The van der Waals surface area contributed by atoms with Crippen molar-refractivity contribution in [3.63, 3.8) is 0 Å². The Bertz CT molecular complexity index is 955. The van der Waals surface area contributed by atoms with E-state index in [9.17, 15) is 9.59 Å². The molecule has 6 rings (SSSR count). The van der Waals surface area contributed by atoms with Crippen LogP contribution in [0.25, 0.3) is 0 Å². The molecule has 0 atom stereocenters. The number of carbonyl (C=O) groups is 2. The van der Waals surface area contributed by atoms with Gasteiger partial charge in [-0.3, -0.25) is 9.59 Å². The smallest absolute Gasteiger partial charge is 0.242 e. The third kappa shape index (κ3) is 5.64. The molecule has 2 amide bonds. The van der Waals surface area contributed by atoms with E-state index in [4.69, 9.17) is 4.74 Å². The van der Waals surface area contributed by atoms with Crippen LogP contribution in [0.15, 0.2) is 47.8 Å². The number of ether oxygens (including phenoxy) is 1. The average molecular weight is 495 g/mol. The van der Waals surface area contributed by atoms with Gasteiger partial charge >= 0.3 is 0 Å². The Morgan fingerprint density at radius 2 is 1.63 bits per heavy atom. The van der Waals surface area contributed by atoms with E-state index in [1.165, 1.54) is 19.3 Å². The normalized spacial score (nSPS) is 26.6. The molecular weight excluding hydrogens is 456 g/mol. The summed E-state index contributed by atoms with van der Waals surface area (Å²) < 4.78 is 5.29. The molecule has 1 heterocycles. The minimum Gasteiger partial charge on any atom is -0.385 e. The molecule has 5 nitrogen and oxygen atoms in total. The number of carbonyl (C=O) groups excluding carboxylic acids is 2. The summed E-state index contributed by atoms with van der Waals surface area (Å²) in [5, 5.41) is 2.05. The molecule has 35 heavy (non-hydrogen) atoms. The monoisotopic (exact) mass is 494 g/mol. The number of methoxy groups -OCH3 is 1. The number of hydrogen-bond acceptors (Lipinski definition) is 4. The SMILES string of the molecule is COCCCN(CC(=O)N(Cc1ccccc1)Cc1cccs1)C(=O)C12CC3CC(CC(C3)C1)C2. The predicted molar refractivity (Wildman–Crippen MR) is 139 cm³/mol. The highest BCUT2D eigenvalue weighted by atomic mass is 32.1. The van der Waals surface area contributed by atoms with E-state index in [1.54, 1.807) is 18.4 Å². The summed E-state index contributed by atoms with van der Waals surface area (Å²) in [6.45, 7) is 2.46. The Balaban J connectivity index is 1.34. The van der Waals surface area contributed by atoms with Crippen LogP contribution in [0.2, 0.25) is 0 Å². The highest BCUT2D eigenvalue weighted by Gasteiger charge is 2.55. The third-order valence-electron chi connectivity index (χ3n) is 8.38. The third-order valence-corrected chi connectivity index (χ3v) is 9.24. The van der Waals surface area contributed by atoms with Crippen LogP contribution < -0.4 is 0 Å². The number of benzene rings is 1. The second-order valence-electron chi connectivity index (χ2n) is 11.1. The Morgan fingerprint density at radius 1 is 0.943 bits per heavy atom. The minimum atomic E-state index is -0.236. The minimum absolute atomic E-state index is 0.0257. The van der Waals surface area contributed by atoms with Crippen molar-refractivity contribution in [2.45, 2.75) is 58.0 Å². The van der Waals surface area contributed by atoms with Gasteiger partial charge in [0.15, 0.2) is 0 Å². The molecule has 4 saturated carbocycles. The van der Waals surface area contributed by atoms with Gasteiger partial charge in [-0.2, -0.15) is 0 Å². The molecule has 0 saturated heterocycles. The van der Waals surface area contributed by atoms with E-state index in [-0.39, 0.29) is 23.8 Å². The fraction of sp³-hybridized carbons (Fsp3) is 0.586. The van der Waals surface area contributed by atoms with E-state index in [2.05, 4.69) is 18.2 Å². The van der Waals surface area contributed by atoms with E-state index in [0.717, 1.165) is 36.1 Å². The van der Waals surface area contributed by atoms with Crippen LogP contribution >= 0.6 is 11.3 Å². The maximum atomic E-state index is 14.1. The molecule has 0 radical (unpaired) electrons. The van der Waals surface area contributed by atoms with Gasteiger partial charge in [0, 0.05) is 31.7 Å². The van der Waals surface area contributed by atoms with Crippen molar-refractivity contribution in [1.82, 2.24) is 9.80 Å². The van der Waals surface area contributed by atoms with Gasteiger partial charge in [-0.1, -0.05) is 36.4 Å². The summed E-state index contributed by atoms with van der Waals surface area (Å²) in [5.41, 5.74) is 0.871. The number of rotatable bonds is 11. The van der Waals surface area contributed by atoms with E-state index in [0.29, 0.717) is 44.0 Å². The largest absolute Gasteiger partial charge is 0.385 e. The summed E-state index contributed by atoms with van der Waals surface area (Å²) in [6.07, 6.45) is 7.75. The van der Waals surface area contributed by atoms with E-state index in [1.807, 2.05) is 39.4 Å². The molecule has 2 aromatic rings. The molecule has 1 aromatic heterocycles. The predicted octanol–water partition coefficient (Wildman–Crippen LogP) is 5.36. The highest BCUT2D eigenvalue weighted by Crippen LogP contribution is 2.60. The zero-order chi connectivity index (χ0) is 24.3. The quantitative estimate of drug-likeness (QED) is 0.395. The Hall–Kier alpha value is -2.18. The fourth-order valence-electron chi connectivity index (χ4n) is 7.25.